The molecule has 0 radical (unpaired) electrons. The Balaban J connectivity index is 1.14. The van der Waals surface area contributed by atoms with Crippen LogP contribution >= 0.6 is 22.7 Å². The maximum atomic E-state index is 12.7. The van der Waals surface area contributed by atoms with Gasteiger partial charge >= 0.3 is 0 Å². The molecular weight excluding hydrogens is 569 g/mol. The van der Waals surface area contributed by atoms with Gasteiger partial charge in [-0.3, -0.25) is 9.59 Å². The van der Waals surface area contributed by atoms with Crippen molar-refractivity contribution in [1.82, 2.24) is 20.4 Å². The summed E-state index contributed by atoms with van der Waals surface area (Å²) in [6.07, 6.45) is 4.53. The smallest absolute Gasteiger partial charge is 0.230 e. The van der Waals surface area contributed by atoms with Crippen LogP contribution in [0.5, 0.6) is 0 Å². The van der Waals surface area contributed by atoms with Crippen LogP contribution in [0.15, 0.2) is 48.5 Å². The van der Waals surface area contributed by atoms with Crippen LogP contribution in [-0.4, -0.2) is 60.4 Å². The molecule has 0 spiro atoms. The second kappa shape index (κ2) is 13.4. The molecule has 4 aromatic rings. The van der Waals surface area contributed by atoms with Crippen molar-refractivity contribution in [3.05, 3.63) is 69.7 Å². The lowest BCUT2D eigenvalue weighted by atomic mass is 9.82. The van der Waals surface area contributed by atoms with E-state index in [-0.39, 0.29) is 36.5 Å². The van der Waals surface area contributed by atoms with Gasteiger partial charge in [0.15, 0.2) is 0 Å². The summed E-state index contributed by atoms with van der Waals surface area (Å²) in [6.45, 7) is 0. The SMILES string of the molecule is CN(C)c1cccc(CC(=O)Nc2nnc(C3CCCC(c4nnc(NC(=O)Cc5cccc(N(C)C)c5)s4)C3)s2)c1. The first kappa shape index (κ1) is 29.6. The van der Waals surface area contributed by atoms with Crippen molar-refractivity contribution in [1.29, 1.82) is 0 Å². The quantitative estimate of drug-likeness (QED) is 0.250. The zero-order valence-electron chi connectivity index (χ0n) is 24.3. The topological polar surface area (TPSA) is 116 Å². The Bertz CT molecular complexity index is 1420. The largest absolute Gasteiger partial charge is 0.378 e. The first-order chi connectivity index (χ1) is 20.2. The average Bonchev–Trinajstić information content (AvgIpc) is 3.63. The minimum atomic E-state index is -0.107. The molecule has 42 heavy (non-hydrogen) atoms. The highest BCUT2D eigenvalue weighted by atomic mass is 32.1. The van der Waals surface area contributed by atoms with Crippen LogP contribution in [0.3, 0.4) is 0 Å². The molecule has 2 aromatic carbocycles. The number of carbonyl (C=O) groups is 2. The Hall–Kier alpha value is -3.90. The minimum absolute atomic E-state index is 0.107. The number of hydrogen-bond acceptors (Lipinski definition) is 10. The Morgan fingerprint density at radius 3 is 1.62 bits per heavy atom. The lowest BCUT2D eigenvalue weighted by Crippen LogP contribution is -2.15. The molecule has 1 aliphatic carbocycles. The zero-order valence-corrected chi connectivity index (χ0v) is 26.0. The van der Waals surface area contributed by atoms with E-state index in [4.69, 9.17) is 0 Å². The molecule has 0 bridgehead atoms. The van der Waals surface area contributed by atoms with Gasteiger partial charge < -0.3 is 20.4 Å². The number of carbonyl (C=O) groups excluding carboxylic acids is 2. The molecule has 5 rings (SSSR count). The van der Waals surface area contributed by atoms with Crippen molar-refractivity contribution in [3.63, 3.8) is 0 Å². The normalized spacial score (nSPS) is 16.6. The third-order valence-corrected chi connectivity index (χ3v) is 9.33. The predicted molar refractivity (Wildman–Crippen MR) is 170 cm³/mol. The van der Waals surface area contributed by atoms with Gasteiger partial charge in [0.25, 0.3) is 0 Å². The van der Waals surface area contributed by atoms with Gasteiger partial charge in [0, 0.05) is 51.4 Å². The molecule has 12 heteroatoms. The van der Waals surface area contributed by atoms with Crippen LogP contribution in [0.4, 0.5) is 21.6 Å². The molecule has 0 aliphatic heterocycles. The molecule has 10 nitrogen and oxygen atoms in total. The van der Waals surface area contributed by atoms with Crippen LogP contribution in [0.2, 0.25) is 0 Å². The van der Waals surface area contributed by atoms with E-state index in [0.29, 0.717) is 10.3 Å². The van der Waals surface area contributed by atoms with E-state index < -0.39 is 0 Å². The Labute approximate surface area is 254 Å². The van der Waals surface area contributed by atoms with Crippen molar-refractivity contribution in [2.45, 2.75) is 50.4 Å². The highest BCUT2D eigenvalue weighted by molar-refractivity contribution is 7.15. The molecule has 2 aromatic heterocycles. The molecule has 2 N–H and O–H groups in total. The molecule has 220 valence electrons. The van der Waals surface area contributed by atoms with Crippen molar-refractivity contribution in [2.75, 3.05) is 48.6 Å². The third kappa shape index (κ3) is 7.68. The summed E-state index contributed by atoms with van der Waals surface area (Å²) in [4.78, 5) is 29.4. The van der Waals surface area contributed by atoms with Gasteiger partial charge in [-0.05, 0) is 54.7 Å². The van der Waals surface area contributed by atoms with Crippen LogP contribution < -0.4 is 20.4 Å². The van der Waals surface area contributed by atoms with Crippen LogP contribution in [0, 0.1) is 0 Å². The van der Waals surface area contributed by atoms with E-state index in [1.165, 1.54) is 22.7 Å². The summed E-state index contributed by atoms with van der Waals surface area (Å²) in [6, 6.07) is 15.9. The van der Waals surface area contributed by atoms with Gasteiger partial charge in [-0.25, -0.2) is 0 Å². The molecule has 2 unspecified atom stereocenters. The maximum Gasteiger partial charge on any atom is 0.230 e. The van der Waals surface area contributed by atoms with Gasteiger partial charge in [0.2, 0.25) is 22.1 Å². The second-order valence-corrected chi connectivity index (χ2v) is 13.0. The summed E-state index contributed by atoms with van der Waals surface area (Å²) in [5.41, 5.74) is 4.01. The van der Waals surface area contributed by atoms with Crippen molar-refractivity contribution < 1.29 is 9.59 Å². The van der Waals surface area contributed by atoms with Crippen molar-refractivity contribution in [2.24, 2.45) is 0 Å². The number of rotatable bonds is 10. The molecule has 0 saturated heterocycles. The van der Waals surface area contributed by atoms with E-state index in [1.807, 2.05) is 86.5 Å². The Morgan fingerprint density at radius 1 is 0.738 bits per heavy atom. The highest BCUT2D eigenvalue weighted by Crippen LogP contribution is 2.43. The van der Waals surface area contributed by atoms with Gasteiger partial charge in [0.1, 0.15) is 10.0 Å². The van der Waals surface area contributed by atoms with Gasteiger partial charge in [0.05, 0.1) is 12.8 Å². The van der Waals surface area contributed by atoms with Crippen LogP contribution in [-0.2, 0) is 22.4 Å². The van der Waals surface area contributed by atoms with Crippen molar-refractivity contribution >= 4 is 56.1 Å². The van der Waals surface area contributed by atoms with E-state index >= 15 is 0 Å². The van der Waals surface area contributed by atoms with E-state index in [2.05, 4.69) is 31.0 Å². The van der Waals surface area contributed by atoms with Gasteiger partial charge in [-0.1, -0.05) is 53.4 Å². The third-order valence-electron chi connectivity index (χ3n) is 7.33. The van der Waals surface area contributed by atoms with Gasteiger partial charge in [-0.2, -0.15) is 0 Å². The summed E-state index contributed by atoms with van der Waals surface area (Å²) < 4.78 is 0. The number of nitrogens with zero attached hydrogens (tertiary/aromatic N) is 6. The molecule has 1 fully saturated rings. The molecule has 2 amide bonds. The average molecular weight is 605 g/mol. The van der Waals surface area contributed by atoms with Gasteiger partial charge in [-0.15, -0.1) is 20.4 Å². The maximum absolute atomic E-state index is 12.7. The lowest BCUT2D eigenvalue weighted by molar-refractivity contribution is -0.116. The molecule has 2 heterocycles. The molecule has 2 atom stereocenters. The Kier molecular flexibility index (Phi) is 9.43. The van der Waals surface area contributed by atoms with E-state index in [0.717, 1.165) is 58.2 Å². The van der Waals surface area contributed by atoms with E-state index in [1.54, 1.807) is 0 Å². The fourth-order valence-corrected chi connectivity index (χ4v) is 6.94. The van der Waals surface area contributed by atoms with Crippen LogP contribution in [0.1, 0.15) is 58.7 Å². The van der Waals surface area contributed by atoms with E-state index in [9.17, 15) is 9.59 Å². The standard InChI is InChI=1S/C30H36N8O2S2/c1-37(2)23-12-5-8-19(14-23)16-25(39)31-29-35-33-27(41-29)21-10-7-11-22(18-21)28-34-36-30(42-28)32-26(40)17-20-9-6-13-24(15-20)38(3)4/h5-6,8-9,12-15,21-22H,7,10-11,16-18H2,1-4H3,(H,31,35,39)(H,32,36,40). The summed E-state index contributed by atoms with van der Waals surface area (Å²) in [5, 5.41) is 26.1. The van der Waals surface area contributed by atoms with Crippen molar-refractivity contribution in [3.8, 4) is 0 Å². The summed E-state index contributed by atoms with van der Waals surface area (Å²) in [5.74, 6) is 0.275. The fourth-order valence-electron chi connectivity index (χ4n) is 5.13. The summed E-state index contributed by atoms with van der Waals surface area (Å²) >= 11 is 2.89. The highest BCUT2D eigenvalue weighted by Gasteiger charge is 2.29. The molecule has 1 aliphatic rings. The Morgan fingerprint density at radius 2 is 1.19 bits per heavy atom. The zero-order chi connectivity index (χ0) is 29.6. The van der Waals surface area contributed by atoms with Crippen LogP contribution in [0.25, 0.3) is 0 Å². The lowest BCUT2D eigenvalue weighted by Gasteiger charge is -2.25. The molecule has 1 saturated carbocycles. The summed E-state index contributed by atoms with van der Waals surface area (Å²) in [7, 11) is 7.92. The number of anilines is 4. The predicted octanol–water partition coefficient (Wildman–Crippen LogP) is 5.33. The number of hydrogen-bond donors (Lipinski definition) is 2. The number of nitrogens with one attached hydrogen (secondary N) is 2. The fraction of sp³-hybridized carbons (Fsp3) is 0.400. The first-order valence-corrected chi connectivity index (χ1v) is 15.7. The minimum Gasteiger partial charge on any atom is -0.378 e. The second-order valence-electron chi connectivity index (χ2n) is 11.0. The first-order valence-electron chi connectivity index (χ1n) is 14.0. The monoisotopic (exact) mass is 604 g/mol. The molecular formula is C30H36N8O2S2. The number of aromatic nitrogens is 4. The number of amides is 2. The number of benzene rings is 2.